The van der Waals surface area contributed by atoms with Gasteiger partial charge in [0.2, 0.25) is 0 Å². The summed E-state index contributed by atoms with van der Waals surface area (Å²) in [4.78, 5) is 0. The van der Waals surface area contributed by atoms with E-state index < -0.39 is 0 Å². The molecule has 1 nitrogen and oxygen atoms in total. The van der Waals surface area contributed by atoms with E-state index in [-0.39, 0.29) is 0 Å². The zero-order chi connectivity index (χ0) is 9.60. The fourth-order valence-electron chi connectivity index (χ4n) is 3.69. The van der Waals surface area contributed by atoms with E-state index in [2.05, 4.69) is 24.4 Å². The van der Waals surface area contributed by atoms with Crippen LogP contribution in [-0.2, 0) is 0 Å². The fourth-order valence-corrected chi connectivity index (χ4v) is 3.69. The van der Waals surface area contributed by atoms with Gasteiger partial charge in [-0.05, 0) is 44.4 Å². The van der Waals surface area contributed by atoms with E-state index in [0.29, 0.717) is 5.54 Å². The first-order valence-electron chi connectivity index (χ1n) is 6.21. The number of allylic oxidation sites excluding steroid dienone is 1. The Morgan fingerprint density at radius 1 is 1.14 bits per heavy atom. The topological polar surface area (TPSA) is 12.0 Å². The summed E-state index contributed by atoms with van der Waals surface area (Å²) in [6.45, 7) is 2.43. The maximum absolute atomic E-state index is 3.93. The smallest absolute Gasteiger partial charge is 0.0156 e. The molecule has 3 rings (SSSR count). The van der Waals surface area contributed by atoms with Crippen LogP contribution in [0.3, 0.4) is 0 Å². The lowest BCUT2D eigenvalue weighted by molar-refractivity contribution is 0.291. The van der Waals surface area contributed by atoms with Crippen LogP contribution in [0.15, 0.2) is 12.2 Å². The molecule has 78 valence electrons. The monoisotopic (exact) mass is 191 g/mol. The molecule has 3 aliphatic carbocycles. The average Bonchev–Trinajstić information content (AvgIpc) is 2.80. The molecule has 2 bridgehead atoms. The van der Waals surface area contributed by atoms with Crippen LogP contribution in [0.25, 0.3) is 0 Å². The van der Waals surface area contributed by atoms with Crippen molar-refractivity contribution >= 4 is 0 Å². The second-order valence-electron chi connectivity index (χ2n) is 5.80. The Morgan fingerprint density at radius 3 is 2.50 bits per heavy atom. The highest BCUT2D eigenvalue weighted by molar-refractivity contribution is 5.13. The molecule has 0 heterocycles. The summed E-state index contributed by atoms with van der Waals surface area (Å²) in [5, 5.41) is 3.93. The van der Waals surface area contributed by atoms with Crippen LogP contribution in [0.1, 0.15) is 45.4 Å². The molecule has 0 radical (unpaired) electrons. The van der Waals surface area contributed by atoms with E-state index in [4.69, 9.17) is 0 Å². The van der Waals surface area contributed by atoms with Gasteiger partial charge >= 0.3 is 0 Å². The molecule has 3 atom stereocenters. The molecule has 1 unspecified atom stereocenters. The van der Waals surface area contributed by atoms with Crippen molar-refractivity contribution in [2.75, 3.05) is 0 Å². The van der Waals surface area contributed by atoms with Crippen LogP contribution in [0.4, 0.5) is 0 Å². The van der Waals surface area contributed by atoms with Crippen LogP contribution in [0, 0.1) is 11.8 Å². The molecule has 1 heteroatoms. The van der Waals surface area contributed by atoms with Crippen molar-refractivity contribution in [3.8, 4) is 0 Å². The van der Waals surface area contributed by atoms with E-state index in [1.807, 2.05) is 0 Å². The molecular weight excluding hydrogens is 170 g/mol. The van der Waals surface area contributed by atoms with Crippen molar-refractivity contribution in [3.63, 3.8) is 0 Å². The maximum Gasteiger partial charge on any atom is 0.0156 e. The van der Waals surface area contributed by atoms with Crippen LogP contribution in [0.5, 0.6) is 0 Å². The normalized spacial score (nSPS) is 43.6. The van der Waals surface area contributed by atoms with Gasteiger partial charge in [-0.1, -0.05) is 25.0 Å². The Bertz CT molecular complexity index is 250. The van der Waals surface area contributed by atoms with Crippen LogP contribution >= 0.6 is 0 Å². The Morgan fingerprint density at radius 2 is 1.93 bits per heavy atom. The molecule has 0 aromatic carbocycles. The third kappa shape index (κ3) is 1.42. The standard InChI is InChI=1S/C13H21N/c1-13(6-2-3-7-13)14-12-9-10-4-5-11(12)8-10/h4-5,10-12,14H,2-3,6-9H2,1H3/t10-,11+,12?/m1/s1. The molecule has 0 saturated heterocycles. The molecule has 1 N–H and O–H groups in total. The van der Waals surface area contributed by atoms with Gasteiger partial charge in [0, 0.05) is 11.6 Å². The highest BCUT2D eigenvalue weighted by Crippen LogP contribution is 2.41. The lowest BCUT2D eigenvalue weighted by atomic mass is 9.94. The second kappa shape index (κ2) is 3.10. The van der Waals surface area contributed by atoms with Gasteiger partial charge in [-0.2, -0.15) is 0 Å². The molecule has 0 aliphatic heterocycles. The maximum atomic E-state index is 3.93. The Hall–Kier alpha value is -0.300. The van der Waals surface area contributed by atoms with Crippen LogP contribution in [-0.4, -0.2) is 11.6 Å². The Balaban J connectivity index is 1.65. The minimum absolute atomic E-state index is 0.475. The minimum atomic E-state index is 0.475. The first kappa shape index (κ1) is 8.96. The number of hydrogen-bond donors (Lipinski definition) is 1. The molecule has 0 aromatic rings. The average molecular weight is 191 g/mol. The van der Waals surface area contributed by atoms with Gasteiger partial charge in [-0.25, -0.2) is 0 Å². The minimum Gasteiger partial charge on any atom is -0.308 e. The predicted octanol–water partition coefficient (Wildman–Crippen LogP) is 2.87. The molecule has 14 heavy (non-hydrogen) atoms. The quantitative estimate of drug-likeness (QED) is 0.662. The summed E-state index contributed by atoms with van der Waals surface area (Å²) in [5.74, 6) is 1.76. The SMILES string of the molecule is CC1(NC2C[C@@H]3C=C[C@H]2C3)CCCC1. The highest BCUT2D eigenvalue weighted by Gasteiger charge is 2.39. The van der Waals surface area contributed by atoms with Gasteiger partial charge in [0.25, 0.3) is 0 Å². The number of fused-ring (bicyclic) bond motifs is 2. The molecule has 2 saturated carbocycles. The van der Waals surface area contributed by atoms with Crippen molar-refractivity contribution in [1.29, 1.82) is 0 Å². The lowest BCUT2D eigenvalue weighted by Gasteiger charge is -2.32. The van der Waals surface area contributed by atoms with Gasteiger partial charge in [-0.3, -0.25) is 0 Å². The Labute approximate surface area is 87.0 Å². The zero-order valence-corrected chi connectivity index (χ0v) is 9.13. The van der Waals surface area contributed by atoms with Crippen molar-refractivity contribution in [3.05, 3.63) is 12.2 Å². The number of rotatable bonds is 2. The highest BCUT2D eigenvalue weighted by atomic mass is 15.0. The largest absolute Gasteiger partial charge is 0.308 e. The fraction of sp³-hybridized carbons (Fsp3) is 0.846. The third-order valence-electron chi connectivity index (χ3n) is 4.52. The molecular formula is C13H21N. The third-order valence-corrected chi connectivity index (χ3v) is 4.52. The summed E-state index contributed by atoms with van der Waals surface area (Å²) in [5.41, 5.74) is 0.475. The van der Waals surface area contributed by atoms with Gasteiger partial charge in [0.1, 0.15) is 0 Å². The van der Waals surface area contributed by atoms with Crippen molar-refractivity contribution in [2.45, 2.75) is 57.0 Å². The van der Waals surface area contributed by atoms with E-state index in [9.17, 15) is 0 Å². The molecule has 3 aliphatic rings. The van der Waals surface area contributed by atoms with Crippen molar-refractivity contribution in [1.82, 2.24) is 5.32 Å². The summed E-state index contributed by atoms with van der Waals surface area (Å²) in [7, 11) is 0. The van der Waals surface area contributed by atoms with Crippen LogP contribution < -0.4 is 5.32 Å². The summed E-state index contributed by atoms with van der Waals surface area (Å²) in [6.07, 6.45) is 13.4. The van der Waals surface area contributed by atoms with E-state index in [1.165, 1.54) is 38.5 Å². The van der Waals surface area contributed by atoms with Crippen molar-refractivity contribution in [2.24, 2.45) is 11.8 Å². The summed E-state index contributed by atoms with van der Waals surface area (Å²) < 4.78 is 0. The molecule has 2 fully saturated rings. The predicted molar refractivity (Wildman–Crippen MR) is 59.2 cm³/mol. The lowest BCUT2D eigenvalue weighted by Crippen LogP contribution is -2.47. The second-order valence-corrected chi connectivity index (χ2v) is 5.80. The summed E-state index contributed by atoms with van der Waals surface area (Å²) in [6, 6.07) is 0.799. The first-order valence-corrected chi connectivity index (χ1v) is 6.21. The molecule has 0 amide bonds. The Kier molecular flexibility index (Phi) is 1.98. The molecule has 0 aromatic heterocycles. The summed E-state index contributed by atoms with van der Waals surface area (Å²) >= 11 is 0. The van der Waals surface area contributed by atoms with Gasteiger partial charge < -0.3 is 5.32 Å². The van der Waals surface area contributed by atoms with Gasteiger partial charge in [0.05, 0.1) is 0 Å². The molecule has 0 spiro atoms. The van der Waals surface area contributed by atoms with Gasteiger partial charge in [0.15, 0.2) is 0 Å². The number of nitrogens with one attached hydrogen (secondary N) is 1. The first-order chi connectivity index (χ1) is 6.75. The van der Waals surface area contributed by atoms with Crippen LogP contribution in [0.2, 0.25) is 0 Å². The van der Waals surface area contributed by atoms with E-state index in [0.717, 1.165) is 17.9 Å². The van der Waals surface area contributed by atoms with E-state index >= 15 is 0 Å². The number of hydrogen-bond acceptors (Lipinski definition) is 1. The zero-order valence-electron chi connectivity index (χ0n) is 9.13. The van der Waals surface area contributed by atoms with E-state index in [1.54, 1.807) is 0 Å². The van der Waals surface area contributed by atoms with Gasteiger partial charge in [-0.15, -0.1) is 0 Å². The van der Waals surface area contributed by atoms with Crippen molar-refractivity contribution < 1.29 is 0 Å².